The number of aromatic nitrogens is 3. The van der Waals surface area contributed by atoms with E-state index in [2.05, 4.69) is 32.2 Å². The van der Waals surface area contributed by atoms with Crippen molar-refractivity contribution in [1.29, 1.82) is 5.26 Å². The van der Waals surface area contributed by atoms with Crippen molar-refractivity contribution >= 4 is 56.7 Å². The van der Waals surface area contributed by atoms with Crippen LogP contribution in [-0.4, -0.2) is 78.1 Å². The Morgan fingerprint density at radius 3 is 2.71 bits per heavy atom. The number of aliphatic hydroxyl groups excluding tert-OH is 1. The standard InChI is InChI=1S/C40H38ClN7O4/c1-40(41)32(6-3-7-33(40)38-46-34-16-24(14-29(18-42)36(34)52-38)20-47-12-9-28(22-47)39(50)51)26-4-2-5-30(17-26)45-37-35-27(8-11-43-37)15-25(19-44-35)21-48-13-10-31(49)23-48/h2-8,11,14-17,19,28,31,33,49H,9-10,12-13,20-23H2,1H3,(H,43,45)(H,50,51)/t28-,31-,33?,40?/m0/s1. The van der Waals surface area contributed by atoms with Crippen LogP contribution in [0.15, 0.2) is 83.6 Å². The molecule has 0 spiro atoms. The van der Waals surface area contributed by atoms with Gasteiger partial charge in [-0.05, 0) is 85.0 Å². The summed E-state index contributed by atoms with van der Waals surface area (Å²) in [6, 6.07) is 18.1. The van der Waals surface area contributed by atoms with E-state index in [1.165, 1.54) is 0 Å². The van der Waals surface area contributed by atoms with Gasteiger partial charge in [-0.3, -0.25) is 19.6 Å². The Bertz CT molecular complexity index is 2290. The highest BCUT2D eigenvalue weighted by Crippen LogP contribution is 2.48. The van der Waals surface area contributed by atoms with Crippen molar-refractivity contribution in [2.45, 2.75) is 49.8 Å². The molecule has 0 radical (unpaired) electrons. The molecule has 3 aliphatic rings. The molecule has 1 aliphatic carbocycles. The van der Waals surface area contributed by atoms with Gasteiger partial charge in [0, 0.05) is 56.2 Å². The fourth-order valence-electron chi connectivity index (χ4n) is 7.72. The number of fused-ring (bicyclic) bond motifs is 2. The number of aliphatic hydroxyl groups is 1. The maximum Gasteiger partial charge on any atom is 0.307 e. The molecular formula is C40H38ClN7O4. The highest BCUT2D eigenvalue weighted by molar-refractivity contribution is 6.31. The Labute approximate surface area is 305 Å². The van der Waals surface area contributed by atoms with Crippen LogP contribution in [0.2, 0.25) is 0 Å². The number of likely N-dealkylation sites (tertiary alicyclic amines) is 2. The summed E-state index contributed by atoms with van der Waals surface area (Å²) >= 11 is 7.43. The third-order valence-corrected chi connectivity index (χ3v) is 10.8. The van der Waals surface area contributed by atoms with Gasteiger partial charge >= 0.3 is 5.97 Å². The third-order valence-electron chi connectivity index (χ3n) is 10.4. The summed E-state index contributed by atoms with van der Waals surface area (Å²) in [5.41, 5.74) is 6.73. The van der Waals surface area contributed by atoms with Crippen molar-refractivity contribution in [2.24, 2.45) is 5.92 Å². The Kier molecular flexibility index (Phi) is 9.01. The molecule has 3 aromatic heterocycles. The maximum atomic E-state index is 11.5. The number of hydrogen-bond acceptors (Lipinski definition) is 10. The van der Waals surface area contributed by atoms with E-state index in [1.807, 2.05) is 67.7 Å². The fourth-order valence-corrected chi connectivity index (χ4v) is 8.06. The van der Waals surface area contributed by atoms with E-state index in [-0.39, 0.29) is 12.0 Å². The number of pyridine rings is 2. The number of carbonyl (C=O) groups is 1. The zero-order chi connectivity index (χ0) is 36.0. The van der Waals surface area contributed by atoms with Gasteiger partial charge in [0.25, 0.3) is 0 Å². The second-order valence-electron chi connectivity index (χ2n) is 14.2. The molecular weight excluding hydrogens is 678 g/mol. The molecule has 2 saturated heterocycles. The Hall–Kier alpha value is -5.12. The van der Waals surface area contributed by atoms with Gasteiger partial charge in [-0.2, -0.15) is 5.26 Å². The zero-order valence-electron chi connectivity index (χ0n) is 28.7. The van der Waals surface area contributed by atoms with Crippen molar-refractivity contribution < 1.29 is 19.4 Å². The molecule has 11 nitrogen and oxygen atoms in total. The first-order valence-electron chi connectivity index (χ1n) is 17.5. The molecule has 5 aromatic rings. The van der Waals surface area contributed by atoms with Gasteiger partial charge in [-0.15, -0.1) is 11.6 Å². The number of allylic oxidation sites excluding steroid dienone is 4. The zero-order valence-corrected chi connectivity index (χ0v) is 29.4. The van der Waals surface area contributed by atoms with Crippen LogP contribution in [0.4, 0.5) is 11.5 Å². The first-order valence-corrected chi connectivity index (χ1v) is 17.9. The number of halogens is 1. The number of carboxylic acids is 1. The number of alkyl halides is 1. The molecule has 2 aliphatic heterocycles. The molecule has 3 N–H and O–H groups in total. The number of carboxylic acid groups (broad SMARTS) is 1. The summed E-state index contributed by atoms with van der Waals surface area (Å²) in [7, 11) is 0. The Morgan fingerprint density at radius 1 is 1.10 bits per heavy atom. The Morgan fingerprint density at radius 2 is 1.92 bits per heavy atom. The number of oxazole rings is 1. The van der Waals surface area contributed by atoms with Crippen LogP contribution in [0.5, 0.6) is 0 Å². The first-order chi connectivity index (χ1) is 25.1. The smallest absolute Gasteiger partial charge is 0.307 e. The van der Waals surface area contributed by atoms with Gasteiger partial charge in [0.05, 0.1) is 28.4 Å². The van der Waals surface area contributed by atoms with Gasteiger partial charge in [-0.1, -0.05) is 30.4 Å². The predicted octanol–water partition coefficient (Wildman–Crippen LogP) is 6.59. The summed E-state index contributed by atoms with van der Waals surface area (Å²) in [6.07, 6.45) is 10.7. The number of anilines is 2. The van der Waals surface area contributed by atoms with E-state index in [9.17, 15) is 20.3 Å². The number of nitriles is 1. The Balaban J connectivity index is 1.02. The molecule has 2 fully saturated rings. The topological polar surface area (TPSA) is 152 Å². The van der Waals surface area contributed by atoms with Gasteiger partial charge < -0.3 is 19.9 Å². The fraction of sp³-hybridized carbons (Fsp3) is 0.325. The van der Waals surface area contributed by atoms with E-state index in [4.69, 9.17) is 26.0 Å². The quantitative estimate of drug-likeness (QED) is 0.142. The number of rotatable bonds is 9. The average molecular weight is 716 g/mol. The molecule has 52 heavy (non-hydrogen) atoms. The molecule has 8 rings (SSSR count). The number of benzene rings is 2. The number of β-amino-alcohol motifs (C(OH)–C–C–N with tert-alkyl or cyclic N) is 1. The lowest BCUT2D eigenvalue weighted by Crippen LogP contribution is -2.29. The average Bonchev–Trinajstić information content (AvgIpc) is 3.88. The molecule has 5 heterocycles. The van der Waals surface area contributed by atoms with Crippen molar-refractivity contribution in [1.82, 2.24) is 24.8 Å². The lowest BCUT2D eigenvalue weighted by molar-refractivity contribution is -0.141. The monoisotopic (exact) mass is 715 g/mol. The minimum atomic E-state index is -0.938. The van der Waals surface area contributed by atoms with E-state index in [0.717, 1.165) is 58.4 Å². The van der Waals surface area contributed by atoms with E-state index in [1.54, 1.807) is 12.3 Å². The second kappa shape index (κ2) is 13.8. The van der Waals surface area contributed by atoms with Crippen molar-refractivity contribution in [3.8, 4) is 6.07 Å². The first kappa shape index (κ1) is 34.0. The molecule has 0 bridgehead atoms. The highest BCUT2D eigenvalue weighted by atomic mass is 35.5. The number of hydrogen-bond donors (Lipinski definition) is 3. The minimum Gasteiger partial charge on any atom is -0.481 e. The van der Waals surface area contributed by atoms with E-state index in [0.29, 0.717) is 61.0 Å². The molecule has 0 amide bonds. The van der Waals surface area contributed by atoms with Gasteiger partial charge in [-0.25, -0.2) is 9.97 Å². The molecule has 4 atom stereocenters. The minimum absolute atomic E-state index is 0.260. The number of nitrogens with zero attached hydrogens (tertiary/aromatic N) is 6. The molecule has 0 saturated carbocycles. The third kappa shape index (κ3) is 6.66. The molecule has 264 valence electrons. The summed E-state index contributed by atoms with van der Waals surface area (Å²) in [4.78, 5) is 29.1. The van der Waals surface area contributed by atoms with E-state index < -0.39 is 16.8 Å². The van der Waals surface area contributed by atoms with Crippen LogP contribution in [-0.2, 0) is 17.9 Å². The van der Waals surface area contributed by atoms with Crippen molar-refractivity contribution in [3.05, 3.63) is 107 Å². The molecule has 2 unspecified atom stereocenters. The van der Waals surface area contributed by atoms with Crippen LogP contribution in [0.3, 0.4) is 0 Å². The molecule has 12 heteroatoms. The van der Waals surface area contributed by atoms with Crippen molar-refractivity contribution in [2.75, 3.05) is 31.5 Å². The number of nitrogens with one attached hydrogen (secondary N) is 1. The van der Waals surface area contributed by atoms with Crippen LogP contribution < -0.4 is 5.32 Å². The maximum absolute atomic E-state index is 11.5. The van der Waals surface area contributed by atoms with E-state index >= 15 is 0 Å². The second-order valence-corrected chi connectivity index (χ2v) is 15.0. The summed E-state index contributed by atoms with van der Waals surface area (Å²) in [5, 5.41) is 33.8. The summed E-state index contributed by atoms with van der Waals surface area (Å²) in [6.45, 7) is 5.94. The predicted molar refractivity (Wildman–Crippen MR) is 199 cm³/mol. The normalized spacial score (nSPS) is 23.7. The van der Waals surface area contributed by atoms with Crippen LogP contribution >= 0.6 is 11.6 Å². The largest absolute Gasteiger partial charge is 0.481 e. The van der Waals surface area contributed by atoms with Crippen LogP contribution in [0, 0.1) is 17.2 Å². The number of aliphatic carboxylic acids is 1. The van der Waals surface area contributed by atoms with Gasteiger partial charge in [0.15, 0.2) is 11.4 Å². The van der Waals surface area contributed by atoms with Gasteiger partial charge in [0.2, 0.25) is 5.89 Å². The van der Waals surface area contributed by atoms with Gasteiger partial charge in [0.1, 0.15) is 17.1 Å². The summed E-state index contributed by atoms with van der Waals surface area (Å²) in [5.74, 6) is -0.519. The van der Waals surface area contributed by atoms with Crippen LogP contribution in [0.25, 0.3) is 27.6 Å². The lowest BCUT2D eigenvalue weighted by atomic mass is 9.79. The SMILES string of the molecule is CC1(Cl)C(c2cccc(Nc3nccc4cc(CN5CC[C@H](O)C5)cnc34)c2)=CC=CC1c1nc2cc(CN3CC[C@H](C(=O)O)C3)cc(C#N)c2o1. The molecule has 2 aromatic carbocycles. The lowest BCUT2D eigenvalue weighted by Gasteiger charge is -2.33. The van der Waals surface area contributed by atoms with Crippen molar-refractivity contribution in [3.63, 3.8) is 0 Å². The van der Waals surface area contributed by atoms with Crippen LogP contribution in [0.1, 0.15) is 53.8 Å². The highest BCUT2D eigenvalue weighted by Gasteiger charge is 2.41. The summed E-state index contributed by atoms with van der Waals surface area (Å²) < 4.78 is 6.29.